The highest BCUT2D eigenvalue weighted by Gasteiger charge is 2.13. The van der Waals surface area contributed by atoms with Crippen LogP contribution in [-0.4, -0.2) is 7.11 Å². The number of aryl methyl sites for hydroxylation is 1. The van der Waals surface area contributed by atoms with Gasteiger partial charge in [-0.2, -0.15) is 0 Å². The monoisotopic (exact) mass is 295 g/mol. The van der Waals surface area contributed by atoms with Crippen LogP contribution >= 0.6 is 0 Å². The van der Waals surface area contributed by atoms with Crippen LogP contribution in [0.3, 0.4) is 0 Å². The van der Waals surface area contributed by atoms with Crippen molar-refractivity contribution in [2.45, 2.75) is 19.9 Å². The Kier molecular flexibility index (Phi) is 4.40. The summed E-state index contributed by atoms with van der Waals surface area (Å²) in [5.74, 6) is -1.40. The van der Waals surface area contributed by atoms with E-state index < -0.39 is 17.5 Å². The SMILES string of the molecule is COc1ccc(C(C)Nc2cc(F)c(C)cc2F)cc1F. The van der Waals surface area contributed by atoms with Gasteiger partial charge in [0.2, 0.25) is 0 Å². The van der Waals surface area contributed by atoms with E-state index >= 15 is 0 Å². The molecule has 5 heteroatoms. The van der Waals surface area contributed by atoms with Gasteiger partial charge >= 0.3 is 0 Å². The highest BCUT2D eigenvalue weighted by molar-refractivity contribution is 5.49. The molecule has 2 nitrogen and oxygen atoms in total. The fraction of sp³-hybridized carbons (Fsp3) is 0.250. The van der Waals surface area contributed by atoms with E-state index in [2.05, 4.69) is 5.32 Å². The zero-order valence-electron chi connectivity index (χ0n) is 12.0. The van der Waals surface area contributed by atoms with Crippen molar-refractivity contribution in [3.8, 4) is 5.75 Å². The minimum Gasteiger partial charge on any atom is -0.494 e. The van der Waals surface area contributed by atoms with Crippen LogP contribution in [0.5, 0.6) is 5.75 Å². The number of rotatable bonds is 4. The first-order chi connectivity index (χ1) is 9.92. The molecule has 0 heterocycles. The van der Waals surface area contributed by atoms with Gasteiger partial charge < -0.3 is 10.1 Å². The van der Waals surface area contributed by atoms with Gasteiger partial charge in [-0.3, -0.25) is 0 Å². The topological polar surface area (TPSA) is 21.3 Å². The smallest absolute Gasteiger partial charge is 0.165 e. The molecule has 0 spiro atoms. The number of methoxy groups -OCH3 is 1. The average molecular weight is 295 g/mol. The normalized spacial score (nSPS) is 12.1. The molecule has 0 aliphatic carbocycles. The van der Waals surface area contributed by atoms with E-state index in [1.807, 2.05) is 0 Å². The molecule has 0 bridgehead atoms. The summed E-state index contributed by atoms with van der Waals surface area (Å²) < 4.78 is 45.8. The molecule has 0 aliphatic rings. The molecular formula is C16H16F3NO. The number of anilines is 1. The van der Waals surface area contributed by atoms with Gasteiger partial charge in [-0.1, -0.05) is 6.07 Å². The second-order valence-corrected chi connectivity index (χ2v) is 4.84. The Labute approximate surface area is 121 Å². The van der Waals surface area contributed by atoms with Gasteiger partial charge in [-0.25, -0.2) is 13.2 Å². The number of ether oxygens (including phenoxy) is 1. The minimum absolute atomic E-state index is 0.0434. The number of hydrogen-bond acceptors (Lipinski definition) is 2. The second kappa shape index (κ2) is 6.08. The summed E-state index contributed by atoms with van der Waals surface area (Å²) in [4.78, 5) is 0. The Morgan fingerprint density at radius 2 is 1.71 bits per heavy atom. The predicted octanol–water partition coefficient (Wildman–Crippen LogP) is 4.59. The van der Waals surface area contributed by atoms with Gasteiger partial charge in [-0.15, -0.1) is 0 Å². The lowest BCUT2D eigenvalue weighted by molar-refractivity contribution is 0.386. The fourth-order valence-corrected chi connectivity index (χ4v) is 2.03. The summed E-state index contributed by atoms with van der Waals surface area (Å²) in [6, 6.07) is 6.30. The molecule has 1 atom stereocenters. The van der Waals surface area contributed by atoms with Gasteiger partial charge in [0, 0.05) is 12.1 Å². The molecule has 2 aromatic carbocycles. The Hall–Kier alpha value is -2.17. The standard InChI is InChI=1S/C16H16F3NO/c1-9-6-13(18)15(8-12(9)17)20-10(2)11-4-5-16(21-3)14(19)7-11/h4-8,10,20H,1-3H3. The van der Waals surface area contributed by atoms with Crippen molar-refractivity contribution in [3.63, 3.8) is 0 Å². The van der Waals surface area contributed by atoms with Gasteiger partial charge in [0.05, 0.1) is 12.8 Å². The largest absolute Gasteiger partial charge is 0.494 e. The summed E-state index contributed by atoms with van der Waals surface area (Å²) in [6.07, 6.45) is 0. The van der Waals surface area contributed by atoms with Crippen molar-refractivity contribution in [2.75, 3.05) is 12.4 Å². The Balaban J connectivity index is 2.23. The predicted molar refractivity (Wildman–Crippen MR) is 76.1 cm³/mol. The van der Waals surface area contributed by atoms with E-state index in [-0.39, 0.29) is 23.0 Å². The zero-order valence-corrected chi connectivity index (χ0v) is 12.0. The van der Waals surface area contributed by atoms with Crippen molar-refractivity contribution in [1.29, 1.82) is 0 Å². The summed E-state index contributed by atoms with van der Waals surface area (Å²) >= 11 is 0. The molecule has 1 unspecified atom stereocenters. The summed E-state index contributed by atoms with van der Waals surface area (Å²) in [6.45, 7) is 3.23. The van der Waals surface area contributed by atoms with E-state index in [0.717, 1.165) is 12.1 Å². The molecule has 2 aromatic rings. The van der Waals surface area contributed by atoms with E-state index in [9.17, 15) is 13.2 Å². The molecule has 0 aliphatic heterocycles. The maximum absolute atomic E-state index is 13.8. The molecular weight excluding hydrogens is 279 g/mol. The summed E-state index contributed by atoms with van der Waals surface area (Å²) in [5.41, 5.74) is 0.886. The van der Waals surface area contributed by atoms with E-state index in [4.69, 9.17) is 4.74 Å². The van der Waals surface area contributed by atoms with Crippen molar-refractivity contribution in [3.05, 3.63) is 58.9 Å². The first kappa shape index (κ1) is 15.2. The molecule has 0 saturated carbocycles. The summed E-state index contributed by atoms with van der Waals surface area (Å²) in [5, 5.41) is 2.84. The quantitative estimate of drug-likeness (QED) is 0.890. The molecule has 1 N–H and O–H groups in total. The third kappa shape index (κ3) is 3.29. The van der Waals surface area contributed by atoms with E-state index in [1.54, 1.807) is 13.0 Å². The van der Waals surface area contributed by atoms with Crippen molar-refractivity contribution < 1.29 is 17.9 Å². The van der Waals surface area contributed by atoms with Gasteiger partial charge in [0.25, 0.3) is 0 Å². The van der Waals surface area contributed by atoms with Crippen molar-refractivity contribution >= 4 is 5.69 Å². The fourth-order valence-electron chi connectivity index (χ4n) is 2.03. The molecule has 0 aromatic heterocycles. The van der Waals surface area contributed by atoms with Crippen LogP contribution in [0.15, 0.2) is 30.3 Å². The van der Waals surface area contributed by atoms with E-state index in [1.165, 1.54) is 26.2 Å². The highest BCUT2D eigenvalue weighted by atomic mass is 19.1. The number of benzene rings is 2. The maximum atomic E-state index is 13.8. The van der Waals surface area contributed by atoms with Crippen LogP contribution in [0.4, 0.5) is 18.9 Å². The molecule has 0 amide bonds. The van der Waals surface area contributed by atoms with Crippen molar-refractivity contribution in [2.24, 2.45) is 0 Å². The van der Waals surface area contributed by atoms with Crippen LogP contribution in [0.2, 0.25) is 0 Å². The van der Waals surface area contributed by atoms with E-state index in [0.29, 0.717) is 5.56 Å². The summed E-state index contributed by atoms with van der Waals surface area (Å²) in [7, 11) is 1.38. The third-order valence-electron chi connectivity index (χ3n) is 3.30. The van der Waals surface area contributed by atoms with Gasteiger partial charge in [0.1, 0.15) is 11.6 Å². The Morgan fingerprint density at radius 3 is 2.33 bits per heavy atom. The second-order valence-electron chi connectivity index (χ2n) is 4.84. The van der Waals surface area contributed by atoms with Gasteiger partial charge in [-0.05, 0) is 43.2 Å². The van der Waals surface area contributed by atoms with Crippen LogP contribution in [0.1, 0.15) is 24.1 Å². The van der Waals surface area contributed by atoms with Crippen LogP contribution in [0, 0.1) is 24.4 Å². The molecule has 21 heavy (non-hydrogen) atoms. The third-order valence-corrected chi connectivity index (χ3v) is 3.30. The van der Waals surface area contributed by atoms with Crippen LogP contribution in [0.25, 0.3) is 0 Å². The lowest BCUT2D eigenvalue weighted by Gasteiger charge is -2.17. The first-order valence-corrected chi connectivity index (χ1v) is 6.48. The number of nitrogens with one attached hydrogen (secondary N) is 1. The zero-order chi connectivity index (χ0) is 15.6. The molecule has 0 saturated heterocycles. The molecule has 2 rings (SSSR count). The lowest BCUT2D eigenvalue weighted by Crippen LogP contribution is -2.09. The average Bonchev–Trinajstić information content (AvgIpc) is 2.44. The van der Waals surface area contributed by atoms with Crippen molar-refractivity contribution in [1.82, 2.24) is 0 Å². The lowest BCUT2D eigenvalue weighted by atomic mass is 10.1. The van der Waals surface area contributed by atoms with Crippen LogP contribution in [-0.2, 0) is 0 Å². The van der Waals surface area contributed by atoms with Crippen LogP contribution < -0.4 is 10.1 Å². The van der Waals surface area contributed by atoms with Gasteiger partial charge in [0.15, 0.2) is 11.6 Å². The molecule has 0 radical (unpaired) electrons. The number of hydrogen-bond donors (Lipinski definition) is 1. The Bertz CT molecular complexity index is 658. The highest BCUT2D eigenvalue weighted by Crippen LogP contribution is 2.26. The molecule has 112 valence electrons. The number of halogens is 3. The maximum Gasteiger partial charge on any atom is 0.165 e. The molecule has 0 fully saturated rings. The Morgan fingerprint density at radius 1 is 1.00 bits per heavy atom. The first-order valence-electron chi connectivity index (χ1n) is 6.48. The minimum atomic E-state index is -0.547.